The highest BCUT2D eigenvalue weighted by molar-refractivity contribution is 7.88. The third kappa shape index (κ3) is 16.4. The lowest BCUT2D eigenvalue weighted by Crippen LogP contribution is -2.30. The number of benzene rings is 3. The summed E-state index contributed by atoms with van der Waals surface area (Å²) in [6, 6.07) is 23.1. The number of nitro benzene ring substituents is 3. The van der Waals surface area contributed by atoms with E-state index < -0.39 is 63.2 Å². The molecular weight excluding hydrogens is 789 g/mol. The first-order chi connectivity index (χ1) is 25.0. The van der Waals surface area contributed by atoms with Crippen LogP contribution in [-0.2, 0) is 40.2 Å². The summed E-state index contributed by atoms with van der Waals surface area (Å²) >= 11 is 0. The van der Waals surface area contributed by atoms with Gasteiger partial charge in [0.15, 0.2) is 0 Å². The van der Waals surface area contributed by atoms with Crippen molar-refractivity contribution < 1.29 is 54.4 Å². The van der Waals surface area contributed by atoms with Crippen LogP contribution in [0.15, 0.2) is 91.0 Å². The average molecular weight is 821 g/mol. The molecule has 3 aromatic carbocycles. The molecule has 3 aromatic rings. The fraction of sp³-hybridized carbons (Fsp3) is 0.192. The number of urea groups is 1. The number of likely N-dealkylation sites (N-methyl/N-ethyl adjacent to an activating group) is 2. The molecule has 0 aromatic heterocycles. The molecule has 0 bridgehead atoms. The zero-order chi connectivity index (χ0) is 41.3. The van der Waals surface area contributed by atoms with E-state index in [0.717, 1.165) is 9.31 Å². The van der Waals surface area contributed by atoms with Crippen molar-refractivity contribution in [3.05, 3.63) is 121 Å². The fourth-order valence-corrected chi connectivity index (χ4v) is 5.60. The van der Waals surface area contributed by atoms with E-state index in [1.54, 1.807) is 64.0 Å². The molecule has 3 saturated heterocycles. The Kier molecular flexibility index (Phi) is 17.6. The fourth-order valence-electron chi connectivity index (χ4n) is 3.11. The number of nitrogens with one attached hydrogen (secondary N) is 4. The average Bonchev–Trinajstić information content (AvgIpc) is 3.62. The van der Waals surface area contributed by atoms with Gasteiger partial charge in [-0.05, 0) is 0 Å². The van der Waals surface area contributed by atoms with Gasteiger partial charge in [0, 0.05) is 57.5 Å². The van der Waals surface area contributed by atoms with Crippen molar-refractivity contribution >= 4 is 65.5 Å². The highest BCUT2D eigenvalue weighted by Gasteiger charge is 2.31. The van der Waals surface area contributed by atoms with Gasteiger partial charge in [0.25, 0.3) is 23.0 Å². The zero-order valence-electron chi connectivity index (χ0n) is 28.1. The Morgan fingerprint density at radius 2 is 0.963 bits per heavy atom. The number of nitro groups is 3. The molecule has 0 saturated carbocycles. The van der Waals surface area contributed by atoms with Crippen LogP contribution in [-0.4, -0.2) is 106 Å². The molecule has 28 heteroatoms. The number of carbonyl (C=O) groups is 3. The highest BCUT2D eigenvalue weighted by atomic mass is 32.2. The van der Waals surface area contributed by atoms with E-state index in [1.165, 1.54) is 57.5 Å². The third-order valence-corrected chi connectivity index (χ3v) is 9.65. The van der Waals surface area contributed by atoms with Crippen molar-refractivity contribution in [1.82, 2.24) is 32.6 Å². The van der Waals surface area contributed by atoms with Gasteiger partial charge in [0.2, 0.25) is 5.91 Å². The van der Waals surface area contributed by atoms with Gasteiger partial charge in [-0.1, -0.05) is 54.6 Å². The van der Waals surface area contributed by atoms with E-state index >= 15 is 0 Å². The van der Waals surface area contributed by atoms with Gasteiger partial charge in [-0.3, -0.25) is 39.9 Å². The van der Waals surface area contributed by atoms with Crippen molar-refractivity contribution in [3.8, 4) is 0 Å². The lowest BCUT2D eigenvalue weighted by atomic mass is 10.3. The van der Waals surface area contributed by atoms with Gasteiger partial charge in [0.1, 0.15) is 0 Å². The Hall–Kier alpha value is -6.20. The molecule has 25 nitrogen and oxygen atoms in total. The Balaban J connectivity index is 0.000000324. The number of hydrazine groups is 1. The van der Waals surface area contributed by atoms with Gasteiger partial charge in [-0.15, -0.1) is 4.83 Å². The molecule has 294 valence electrons. The minimum atomic E-state index is -3.57. The minimum Gasteiger partial charge on any atom is -0.272 e. The molecule has 0 aliphatic carbocycles. The Morgan fingerprint density at radius 3 is 1.07 bits per heavy atom. The summed E-state index contributed by atoms with van der Waals surface area (Å²) in [5.41, 5.74) is 0.410. The van der Waals surface area contributed by atoms with Crippen molar-refractivity contribution in [2.24, 2.45) is 0 Å². The summed E-state index contributed by atoms with van der Waals surface area (Å²) in [5.74, 6) is -0.896. The zero-order valence-corrected chi connectivity index (χ0v) is 30.6. The molecule has 0 atom stereocenters. The highest BCUT2D eigenvalue weighted by Crippen LogP contribution is 2.08. The lowest BCUT2D eigenvalue weighted by molar-refractivity contribution is -0.385. The van der Waals surface area contributed by atoms with E-state index in [0.29, 0.717) is 4.31 Å². The monoisotopic (exact) mass is 820 g/mol. The molecule has 3 aliphatic rings. The topological polar surface area (TPSA) is 341 Å². The largest absolute Gasteiger partial charge is 0.347 e. The van der Waals surface area contributed by atoms with E-state index in [2.05, 4.69) is 0 Å². The van der Waals surface area contributed by atoms with Crippen molar-refractivity contribution in [1.29, 1.82) is 0 Å². The van der Waals surface area contributed by atoms with Crippen LogP contribution in [0.25, 0.3) is 0 Å². The second-order valence-corrected chi connectivity index (χ2v) is 14.8. The Bertz CT molecular complexity index is 1980. The summed E-state index contributed by atoms with van der Waals surface area (Å²) in [6.07, 6.45) is 0. The van der Waals surface area contributed by atoms with E-state index in [1.807, 2.05) is 9.55 Å². The standard InChI is InChI=1S/3C6H5NO2.2C3H6N2O3S.C2H5N3O3S/c3*8-7(9)6-4-2-1-3-5-6;1-5-2-3(6)4-9(5,7)8;1-5-3(6)2-4-9(5,7)8;1-5-2(6)3-9(7,8)4-5/h3*1-5H;2H2,1H3,(H,4,6);4H,2H2,1H3;4H,1H3,(H,3,6). The maximum Gasteiger partial charge on any atom is 0.347 e. The number of nitrogens with zero attached hydrogens (tertiary/aromatic N) is 6. The number of non-ortho nitro benzene ring substituents is 3. The van der Waals surface area contributed by atoms with Crippen LogP contribution in [0.3, 0.4) is 0 Å². The number of hydrogen-bond acceptors (Lipinski definition) is 15. The van der Waals surface area contributed by atoms with Crippen LogP contribution in [0, 0.1) is 30.3 Å². The molecule has 54 heavy (non-hydrogen) atoms. The first-order valence-electron chi connectivity index (χ1n) is 14.2. The summed E-state index contributed by atoms with van der Waals surface area (Å²) in [7, 11) is -6.58. The number of carbonyl (C=O) groups excluding carboxylic acids is 3. The number of hydrogen-bond donors (Lipinski definition) is 4. The normalized spacial score (nSPS) is 17.0. The summed E-state index contributed by atoms with van der Waals surface area (Å²) in [4.78, 5) is 61.8. The predicted octanol–water partition coefficient (Wildman–Crippen LogP) is -0.239. The molecule has 0 spiro atoms. The number of rotatable bonds is 3. The van der Waals surface area contributed by atoms with Crippen LogP contribution in [0.4, 0.5) is 21.9 Å². The van der Waals surface area contributed by atoms with Crippen LogP contribution in [0.5, 0.6) is 0 Å². The second kappa shape index (κ2) is 20.7. The van der Waals surface area contributed by atoms with Crippen molar-refractivity contribution in [2.45, 2.75) is 0 Å². The predicted molar refractivity (Wildman–Crippen MR) is 187 cm³/mol. The molecule has 3 aliphatic heterocycles. The molecular formula is C26H32N10O15S3. The minimum absolute atomic E-state index is 0.0671. The van der Waals surface area contributed by atoms with Gasteiger partial charge in [-0.2, -0.15) is 34.3 Å². The maximum absolute atomic E-state index is 10.6. The van der Waals surface area contributed by atoms with Gasteiger partial charge in [0.05, 0.1) is 27.9 Å². The Labute approximate surface area is 307 Å². The first kappa shape index (κ1) is 45.8. The van der Waals surface area contributed by atoms with Crippen LogP contribution < -0.4 is 19.0 Å². The SMILES string of the molecule is CN1C(=O)CNS1(=O)=O.CN1CC(=O)NS1(=O)=O.CN1NS(=O)(=O)NC1=O.O=[N+]([O-])c1ccccc1.O=[N+]([O-])c1ccccc1.O=[N+]([O-])c1ccccc1. The molecule has 0 unspecified atom stereocenters. The van der Waals surface area contributed by atoms with Crippen LogP contribution in [0.1, 0.15) is 0 Å². The molecule has 4 N–H and O–H groups in total. The van der Waals surface area contributed by atoms with Crippen molar-refractivity contribution in [2.75, 3.05) is 34.2 Å². The number of para-hydroxylation sites is 3. The molecule has 3 fully saturated rings. The van der Waals surface area contributed by atoms with E-state index in [9.17, 15) is 70.0 Å². The van der Waals surface area contributed by atoms with Crippen molar-refractivity contribution in [3.63, 3.8) is 0 Å². The number of amides is 4. The quantitative estimate of drug-likeness (QED) is 0.196. The van der Waals surface area contributed by atoms with E-state index in [4.69, 9.17) is 0 Å². The summed E-state index contributed by atoms with van der Waals surface area (Å²) in [5, 5.41) is 30.9. The second-order valence-electron chi connectivity index (χ2n) is 9.81. The molecule has 0 radical (unpaired) electrons. The smallest absolute Gasteiger partial charge is 0.272 e. The molecule has 3 heterocycles. The van der Waals surface area contributed by atoms with Crippen LogP contribution >= 0.6 is 0 Å². The third-order valence-electron chi connectivity index (χ3n) is 5.82. The first-order valence-corrected chi connectivity index (χ1v) is 18.5. The molecule has 4 amide bonds. The summed E-state index contributed by atoms with van der Waals surface area (Å²) < 4.78 is 70.2. The molecule has 6 rings (SSSR count). The van der Waals surface area contributed by atoms with E-state index in [-0.39, 0.29) is 30.2 Å². The van der Waals surface area contributed by atoms with Gasteiger partial charge < -0.3 is 0 Å². The lowest BCUT2D eigenvalue weighted by Gasteiger charge is -2.03. The maximum atomic E-state index is 10.6. The van der Waals surface area contributed by atoms with Gasteiger partial charge >= 0.3 is 36.7 Å². The summed E-state index contributed by atoms with van der Waals surface area (Å²) in [6.45, 7) is -0.179. The Morgan fingerprint density at radius 1 is 0.593 bits per heavy atom. The van der Waals surface area contributed by atoms with Crippen LogP contribution in [0.2, 0.25) is 0 Å². The van der Waals surface area contributed by atoms with Gasteiger partial charge in [-0.25, -0.2) is 23.6 Å².